The van der Waals surface area contributed by atoms with Crippen molar-refractivity contribution in [1.29, 1.82) is 5.26 Å². The number of aromatic nitrogens is 3. The van der Waals surface area contributed by atoms with Crippen LogP contribution in [0.2, 0.25) is 0 Å². The SMILES string of the molecule is Cc1cc(=O)c(O)c(-c2[nH]c(-c3c[nH]c4ccc(C#N)cc34)nc2-c2ccccc2)o1. The average Bonchev–Trinajstić information content (AvgIpc) is 3.40. The molecule has 3 heterocycles. The molecule has 0 aliphatic carbocycles. The Bertz CT molecular complexity index is 1540. The summed E-state index contributed by atoms with van der Waals surface area (Å²) in [6.45, 7) is 1.65. The van der Waals surface area contributed by atoms with Crippen LogP contribution in [0.15, 0.2) is 70.0 Å². The summed E-state index contributed by atoms with van der Waals surface area (Å²) in [5.74, 6) is 0.432. The maximum Gasteiger partial charge on any atom is 0.227 e. The van der Waals surface area contributed by atoms with Gasteiger partial charge in [-0.3, -0.25) is 4.79 Å². The minimum Gasteiger partial charge on any atom is -0.501 e. The Labute approximate surface area is 176 Å². The van der Waals surface area contributed by atoms with Gasteiger partial charge in [-0.25, -0.2) is 4.98 Å². The number of nitrogens with one attached hydrogen (secondary N) is 2. The highest BCUT2D eigenvalue weighted by Gasteiger charge is 2.22. The van der Waals surface area contributed by atoms with E-state index in [0.717, 1.165) is 22.0 Å². The van der Waals surface area contributed by atoms with Crippen molar-refractivity contribution in [3.63, 3.8) is 0 Å². The largest absolute Gasteiger partial charge is 0.501 e. The molecule has 0 saturated carbocycles. The van der Waals surface area contributed by atoms with E-state index in [1.165, 1.54) is 6.07 Å². The zero-order valence-electron chi connectivity index (χ0n) is 16.4. The van der Waals surface area contributed by atoms with Crippen LogP contribution in [0.1, 0.15) is 11.3 Å². The van der Waals surface area contributed by atoms with Gasteiger partial charge in [0.2, 0.25) is 11.2 Å². The summed E-state index contributed by atoms with van der Waals surface area (Å²) in [5.41, 5.74) is 3.34. The average molecular weight is 408 g/mol. The van der Waals surface area contributed by atoms with Crippen LogP contribution in [-0.4, -0.2) is 20.1 Å². The molecular weight excluding hydrogens is 392 g/mol. The topological polar surface area (TPSA) is 119 Å². The minimum absolute atomic E-state index is 0.0279. The van der Waals surface area contributed by atoms with E-state index in [4.69, 9.17) is 9.40 Å². The molecular formula is C24H16N4O3. The van der Waals surface area contributed by atoms with E-state index in [0.29, 0.717) is 28.5 Å². The first-order valence-electron chi connectivity index (χ1n) is 9.56. The first kappa shape index (κ1) is 18.5. The van der Waals surface area contributed by atoms with E-state index < -0.39 is 11.2 Å². The molecule has 0 atom stereocenters. The number of benzene rings is 2. The van der Waals surface area contributed by atoms with Gasteiger partial charge in [0.05, 0.1) is 11.6 Å². The number of hydrogen-bond donors (Lipinski definition) is 3. The number of H-pyrrole nitrogens is 2. The van der Waals surface area contributed by atoms with E-state index >= 15 is 0 Å². The lowest BCUT2D eigenvalue weighted by Crippen LogP contribution is -2.01. The number of imidazole rings is 1. The molecule has 7 nitrogen and oxygen atoms in total. The summed E-state index contributed by atoms with van der Waals surface area (Å²) in [5, 5.41) is 20.5. The maximum atomic E-state index is 12.2. The fourth-order valence-electron chi connectivity index (χ4n) is 3.63. The van der Waals surface area contributed by atoms with Crippen LogP contribution in [0.5, 0.6) is 5.75 Å². The number of nitriles is 1. The van der Waals surface area contributed by atoms with E-state index in [1.54, 1.807) is 25.3 Å². The van der Waals surface area contributed by atoms with Gasteiger partial charge in [0.15, 0.2) is 5.76 Å². The third-order valence-corrected chi connectivity index (χ3v) is 5.09. The first-order chi connectivity index (χ1) is 15.0. The van der Waals surface area contributed by atoms with Crippen molar-refractivity contribution in [3.05, 3.63) is 82.3 Å². The monoisotopic (exact) mass is 408 g/mol. The number of fused-ring (bicyclic) bond motifs is 1. The van der Waals surface area contributed by atoms with Crippen LogP contribution in [0.3, 0.4) is 0 Å². The van der Waals surface area contributed by atoms with Crippen molar-refractivity contribution in [1.82, 2.24) is 15.0 Å². The van der Waals surface area contributed by atoms with Crippen LogP contribution in [0.4, 0.5) is 0 Å². The highest BCUT2D eigenvalue weighted by Crippen LogP contribution is 2.37. The molecule has 0 spiro atoms. The smallest absolute Gasteiger partial charge is 0.227 e. The molecule has 2 aromatic carbocycles. The van der Waals surface area contributed by atoms with Crippen molar-refractivity contribution < 1.29 is 9.52 Å². The number of rotatable bonds is 3. The third kappa shape index (κ3) is 3.07. The molecule has 5 aromatic rings. The maximum absolute atomic E-state index is 12.2. The van der Waals surface area contributed by atoms with Gasteiger partial charge in [-0.15, -0.1) is 0 Å². The zero-order chi connectivity index (χ0) is 21.5. The highest BCUT2D eigenvalue weighted by molar-refractivity contribution is 5.96. The summed E-state index contributed by atoms with van der Waals surface area (Å²) in [7, 11) is 0. The molecule has 3 N–H and O–H groups in total. The van der Waals surface area contributed by atoms with Crippen LogP contribution < -0.4 is 5.43 Å². The number of aromatic hydroxyl groups is 1. The van der Waals surface area contributed by atoms with Crippen molar-refractivity contribution in [2.75, 3.05) is 0 Å². The molecule has 150 valence electrons. The van der Waals surface area contributed by atoms with Gasteiger partial charge in [-0.1, -0.05) is 30.3 Å². The van der Waals surface area contributed by atoms with Crippen molar-refractivity contribution in [2.45, 2.75) is 6.92 Å². The van der Waals surface area contributed by atoms with Crippen molar-refractivity contribution in [2.24, 2.45) is 0 Å². The first-order valence-corrected chi connectivity index (χ1v) is 9.56. The molecule has 0 amide bonds. The quantitative estimate of drug-likeness (QED) is 0.399. The standard InChI is InChI=1S/C24H16N4O3/c1-13-9-19(29)22(30)23(31-13)21-20(15-5-3-2-4-6-15)27-24(28-21)17-12-26-18-8-7-14(11-25)10-16(17)18/h2-10,12,26,30H,1H3,(H,27,28). The zero-order valence-corrected chi connectivity index (χ0v) is 16.4. The summed E-state index contributed by atoms with van der Waals surface area (Å²) < 4.78 is 5.72. The molecule has 31 heavy (non-hydrogen) atoms. The van der Waals surface area contributed by atoms with Gasteiger partial charge in [-0.05, 0) is 25.1 Å². The normalized spacial score (nSPS) is 11.0. The second-order valence-corrected chi connectivity index (χ2v) is 7.15. The van der Waals surface area contributed by atoms with Gasteiger partial charge in [0.1, 0.15) is 23.0 Å². The number of hydrogen-bond acceptors (Lipinski definition) is 5. The van der Waals surface area contributed by atoms with Gasteiger partial charge in [0.25, 0.3) is 0 Å². The Morgan fingerprint density at radius 3 is 2.71 bits per heavy atom. The number of aromatic amines is 2. The molecule has 0 fully saturated rings. The third-order valence-electron chi connectivity index (χ3n) is 5.09. The summed E-state index contributed by atoms with van der Waals surface area (Å²) in [6, 6.07) is 18.2. The van der Waals surface area contributed by atoms with Gasteiger partial charge in [-0.2, -0.15) is 5.26 Å². The molecule has 3 aromatic heterocycles. The lowest BCUT2D eigenvalue weighted by atomic mass is 10.1. The Hall–Kier alpha value is -4.57. The van der Waals surface area contributed by atoms with E-state index in [-0.39, 0.29) is 5.76 Å². The van der Waals surface area contributed by atoms with Gasteiger partial charge in [0, 0.05) is 34.3 Å². The molecule has 0 saturated heterocycles. The molecule has 0 unspecified atom stereocenters. The second-order valence-electron chi connectivity index (χ2n) is 7.15. The summed E-state index contributed by atoms with van der Waals surface area (Å²) >= 11 is 0. The van der Waals surface area contributed by atoms with Crippen LogP contribution in [0.25, 0.3) is 45.0 Å². The second kappa shape index (κ2) is 7.04. The van der Waals surface area contributed by atoms with Crippen molar-refractivity contribution in [3.8, 4) is 45.9 Å². The van der Waals surface area contributed by atoms with Gasteiger partial charge >= 0.3 is 0 Å². The van der Waals surface area contributed by atoms with E-state index in [1.807, 2.05) is 36.4 Å². The summed E-state index contributed by atoms with van der Waals surface area (Å²) in [6.07, 6.45) is 1.80. The van der Waals surface area contributed by atoms with Crippen LogP contribution in [-0.2, 0) is 0 Å². The van der Waals surface area contributed by atoms with Gasteiger partial charge < -0.3 is 19.5 Å². The molecule has 0 radical (unpaired) electrons. The lowest BCUT2D eigenvalue weighted by Gasteiger charge is -2.05. The Morgan fingerprint density at radius 1 is 1.13 bits per heavy atom. The van der Waals surface area contributed by atoms with Crippen LogP contribution in [0, 0.1) is 18.3 Å². The Kier molecular flexibility index (Phi) is 4.19. The number of aryl methyl sites for hydroxylation is 1. The molecule has 0 aliphatic rings. The molecule has 5 rings (SSSR count). The van der Waals surface area contributed by atoms with E-state index in [2.05, 4.69) is 16.0 Å². The predicted molar refractivity (Wildman–Crippen MR) is 116 cm³/mol. The van der Waals surface area contributed by atoms with Crippen molar-refractivity contribution >= 4 is 10.9 Å². The van der Waals surface area contributed by atoms with Crippen LogP contribution >= 0.6 is 0 Å². The Morgan fingerprint density at radius 2 is 1.94 bits per heavy atom. The number of nitrogens with zero attached hydrogens (tertiary/aromatic N) is 2. The summed E-state index contributed by atoms with van der Waals surface area (Å²) in [4.78, 5) is 23.4. The molecule has 0 bridgehead atoms. The minimum atomic E-state index is -0.528. The van der Waals surface area contributed by atoms with E-state index in [9.17, 15) is 15.2 Å². The fraction of sp³-hybridized carbons (Fsp3) is 0.0417. The lowest BCUT2D eigenvalue weighted by molar-refractivity contribution is 0.429. The molecule has 7 heteroatoms. The molecule has 0 aliphatic heterocycles. The highest BCUT2D eigenvalue weighted by atomic mass is 16.4. The fourth-order valence-corrected chi connectivity index (χ4v) is 3.63. The predicted octanol–water partition coefficient (Wildman–Crippen LogP) is 4.73. The Balaban J connectivity index is 1.79.